The van der Waals surface area contributed by atoms with Crippen molar-refractivity contribution in [3.8, 4) is 0 Å². The Hall–Kier alpha value is -2.41. The van der Waals surface area contributed by atoms with Gasteiger partial charge in [-0.1, -0.05) is 18.5 Å². The zero-order valence-electron chi connectivity index (χ0n) is 10.5. The number of aromatic amines is 1. The van der Waals surface area contributed by atoms with Gasteiger partial charge in [-0.3, -0.25) is 9.89 Å². The van der Waals surface area contributed by atoms with Crippen LogP contribution in [0, 0.1) is 0 Å². The molecular formula is C12H11ClN4O3. The highest BCUT2D eigenvalue weighted by atomic mass is 35.5. The molecule has 20 heavy (non-hydrogen) atoms. The van der Waals surface area contributed by atoms with Gasteiger partial charge in [-0.25, -0.2) is 9.78 Å². The second-order valence-corrected chi connectivity index (χ2v) is 4.32. The number of aromatic nitrogens is 3. The summed E-state index contributed by atoms with van der Waals surface area (Å²) >= 11 is 5.91. The molecular weight excluding hydrogens is 284 g/mol. The third kappa shape index (κ3) is 2.94. The summed E-state index contributed by atoms with van der Waals surface area (Å²) in [5, 5.41) is 18.0. The van der Waals surface area contributed by atoms with Crippen molar-refractivity contribution in [1.82, 2.24) is 15.2 Å². The lowest BCUT2D eigenvalue weighted by atomic mass is 10.2. The second kappa shape index (κ2) is 5.70. The third-order valence-corrected chi connectivity index (χ3v) is 2.86. The number of hydrogen-bond acceptors (Lipinski definition) is 4. The van der Waals surface area contributed by atoms with Gasteiger partial charge in [0.2, 0.25) is 5.82 Å². The molecule has 1 aromatic heterocycles. The molecule has 0 saturated heterocycles. The molecule has 2 rings (SSSR count). The predicted molar refractivity (Wildman–Crippen MR) is 72.1 cm³/mol. The average molecular weight is 295 g/mol. The number of carboxylic acids is 1. The Bertz CT molecular complexity index is 668. The van der Waals surface area contributed by atoms with Crippen molar-refractivity contribution in [2.75, 3.05) is 5.32 Å². The van der Waals surface area contributed by atoms with Crippen molar-refractivity contribution in [3.05, 3.63) is 40.4 Å². The van der Waals surface area contributed by atoms with E-state index in [0.29, 0.717) is 12.2 Å². The van der Waals surface area contributed by atoms with Crippen molar-refractivity contribution in [3.63, 3.8) is 0 Å². The molecule has 2 aromatic rings. The molecule has 0 fully saturated rings. The van der Waals surface area contributed by atoms with Gasteiger partial charge in [-0.05, 0) is 18.2 Å². The number of rotatable bonds is 4. The van der Waals surface area contributed by atoms with E-state index < -0.39 is 11.9 Å². The van der Waals surface area contributed by atoms with E-state index in [1.165, 1.54) is 18.2 Å². The van der Waals surface area contributed by atoms with Gasteiger partial charge >= 0.3 is 5.97 Å². The van der Waals surface area contributed by atoms with Crippen molar-refractivity contribution in [1.29, 1.82) is 0 Å². The van der Waals surface area contributed by atoms with E-state index in [2.05, 4.69) is 20.5 Å². The number of halogens is 1. The highest BCUT2D eigenvalue weighted by molar-refractivity contribution is 6.34. The van der Waals surface area contributed by atoms with Crippen LogP contribution in [0.4, 0.5) is 5.69 Å². The van der Waals surface area contributed by atoms with Gasteiger partial charge in [0.1, 0.15) is 5.82 Å². The van der Waals surface area contributed by atoms with Crippen LogP contribution in [-0.4, -0.2) is 32.2 Å². The van der Waals surface area contributed by atoms with Gasteiger partial charge in [0.25, 0.3) is 5.91 Å². The summed E-state index contributed by atoms with van der Waals surface area (Å²) < 4.78 is 0. The number of carboxylic acid groups (broad SMARTS) is 1. The first-order valence-corrected chi connectivity index (χ1v) is 6.14. The van der Waals surface area contributed by atoms with Gasteiger partial charge in [0.05, 0.1) is 16.3 Å². The van der Waals surface area contributed by atoms with E-state index in [1.54, 1.807) is 0 Å². The fourth-order valence-corrected chi connectivity index (χ4v) is 1.65. The third-order valence-electron chi connectivity index (χ3n) is 2.53. The van der Waals surface area contributed by atoms with Gasteiger partial charge in [0, 0.05) is 6.42 Å². The second-order valence-electron chi connectivity index (χ2n) is 3.91. The summed E-state index contributed by atoms with van der Waals surface area (Å²) in [6.07, 6.45) is 0.621. The molecule has 8 heteroatoms. The number of aryl methyl sites for hydroxylation is 1. The van der Waals surface area contributed by atoms with Crippen molar-refractivity contribution < 1.29 is 14.7 Å². The van der Waals surface area contributed by atoms with Gasteiger partial charge in [-0.2, -0.15) is 0 Å². The lowest BCUT2D eigenvalue weighted by molar-refractivity contribution is 0.0696. The van der Waals surface area contributed by atoms with Crippen LogP contribution >= 0.6 is 11.6 Å². The molecule has 0 unspecified atom stereocenters. The summed E-state index contributed by atoms with van der Waals surface area (Å²) in [6, 6.07) is 4.02. The number of carbonyl (C=O) groups excluding carboxylic acids is 1. The summed E-state index contributed by atoms with van der Waals surface area (Å²) in [5.74, 6) is -1.12. The maximum absolute atomic E-state index is 11.9. The van der Waals surface area contributed by atoms with Crippen LogP contribution in [0.25, 0.3) is 0 Å². The standard InChI is InChI=1S/C12H11ClN4O3/c1-2-9-15-10(17-16-9)11(18)14-8-5-6(12(19)20)3-4-7(8)13/h3-5H,2H2,1H3,(H,14,18)(H,19,20)(H,15,16,17). The predicted octanol–water partition coefficient (Wildman–Crippen LogP) is 1.97. The fourth-order valence-electron chi connectivity index (χ4n) is 1.49. The van der Waals surface area contributed by atoms with Crippen molar-refractivity contribution in [2.24, 2.45) is 0 Å². The number of nitrogens with zero attached hydrogens (tertiary/aromatic N) is 2. The van der Waals surface area contributed by atoms with Crippen LogP contribution in [-0.2, 0) is 6.42 Å². The Balaban J connectivity index is 2.22. The highest BCUT2D eigenvalue weighted by Gasteiger charge is 2.15. The molecule has 1 aromatic carbocycles. The molecule has 0 spiro atoms. The number of H-pyrrole nitrogens is 1. The average Bonchev–Trinajstić information content (AvgIpc) is 2.89. The van der Waals surface area contributed by atoms with Crippen molar-refractivity contribution >= 4 is 29.2 Å². The number of anilines is 1. The molecule has 3 N–H and O–H groups in total. The Kier molecular flexibility index (Phi) is 3.99. The zero-order chi connectivity index (χ0) is 14.7. The molecule has 0 aliphatic rings. The molecule has 1 amide bonds. The molecule has 0 aliphatic heterocycles. The van der Waals surface area contributed by atoms with Crippen molar-refractivity contribution in [2.45, 2.75) is 13.3 Å². The van der Waals surface area contributed by atoms with Crippen LogP contribution in [0.1, 0.15) is 33.7 Å². The Morgan fingerprint density at radius 2 is 2.20 bits per heavy atom. The first-order chi connectivity index (χ1) is 9.51. The zero-order valence-corrected chi connectivity index (χ0v) is 11.2. The van der Waals surface area contributed by atoms with Gasteiger partial charge in [-0.15, -0.1) is 5.10 Å². The number of carbonyl (C=O) groups is 2. The molecule has 0 atom stereocenters. The minimum absolute atomic E-state index is 0.0222. The minimum Gasteiger partial charge on any atom is -0.478 e. The minimum atomic E-state index is -1.11. The summed E-state index contributed by atoms with van der Waals surface area (Å²) in [5.41, 5.74) is 0.216. The van der Waals surface area contributed by atoms with E-state index in [0.717, 1.165) is 0 Å². The number of hydrogen-bond donors (Lipinski definition) is 3. The summed E-state index contributed by atoms with van der Waals surface area (Å²) in [7, 11) is 0. The van der Waals surface area contributed by atoms with Crippen LogP contribution < -0.4 is 5.32 Å². The summed E-state index contributed by atoms with van der Waals surface area (Å²) in [4.78, 5) is 26.8. The number of amides is 1. The van der Waals surface area contributed by atoms with Crippen LogP contribution in [0.3, 0.4) is 0 Å². The molecule has 7 nitrogen and oxygen atoms in total. The maximum Gasteiger partial charge on any atom is 0.335 e. The Morgan fingerprint density at radius 3 is 2.80 bits per heavy atom. The normalized spacial score (nSPS) is 10.3. The Morgan fingerprint density at radius 1 is 1.45 bits per heavy atom. The number of aromatic carboxylic acids is 1. The number of nitrogens with one attached hydrogen (secondary N) is 2. The van der Waals surface area contributed by atoms with Crippen LogP contribution in [0.15, 0.2) is 18.2 Å². The molecule has 0 radical (unpaired) electrons. The SMILES string of the molecule is CCc1nc(C(=O)Nc2cc(C(=O)O)ccc2Cl)n[nH]1. The molecule has 104 valence electrons. The Labute approximate surface area is 119 Å². The van der Waals surface area contributed by atoms with E-state index in [-0.39, 0.29) is 22.1 Å². The quantitative estimate of drug-likeness (QED) is 0.799. The first kappa shape index (κ1) is 14.0. The molecule has 1 heterocycles. The molecule has 0 aliphatic carbocycles. The maximum atomic E-state index is 11.9. The van der Waals surface area contributed by atoms with Gasteiger partial charge < -0.3 is 10.4 Å². The highest BCUT2D eigenvalue weighted by Crippen LogP contribution is 2.23. The molecule has 0 saturated carbocycles. The first-order valence-electron chi connectivity index (χ1n) is 5.76. The number of benzene rings is 1. The van der Waals surface area contributed by atoms with E-state index in [9.17, 15) is 9.59 Å². The van der Waals surface area contributed by atoms with E-state index in [4.69, 9.17) is 16.7 Å². The van der Waals surface area contributed by atoms with Crippen LogP contribution in [0.5, 0.6) is 0 Å². The lowest BCUT2D eigenvalue weighted by Gasteiger charge is -2.06. The topological polar surface area (TPSA) is 108 Å². The smallest absolute Gasteiger partial charge is 0.335 e. The fraction of sp³-hybridized carbons (Fsp3) is 0.167. The molecule has 0 bridgehead atoms. The van der Waals surface area contributed by atoms with E-state index in [1.807, 2.05) is 6.92 Å². The van der Waals surface area contributed by atoms with Gasteiger partial charge in [0.15, 0.2) is 0 Å². The summed E-state index contributed by atoms with van der Waals surface area (Å²) in [6.45, 7) is 1.87. The lowest BCUT2D eigenvalue weighted by Crippen LogP contribution is -2.14. The largest absolute Gasteiger partial charge is 0.478 e. The monoisotopic (exact) mass is 294 g/mol. The van der Waals surface area contributed by atoms with Crippen LogP contribution in [0.2, 0.25) is 5.02 Å². The van der Waals surface area contributed by atoms with E-state index >= 15 is 0 Å².